The molecule has 1 saturated heterocycles. The van der Waals surface area contributed by atoms with Crippen molar-refractivity contribution in [1.29, 1.82) is 0 Å². The summed E-state index contributed by atoms with van der Waals surface area (Å²) < 4.78 is 16.1. The van der Waals surface area contributed by atoms with Gasteiger partial charge in [0.15, 0.2) is 11.5 Å². The average Bonchev–Trinajstić information content (AvgIpc) is 3.18. The standard InChI is InChI=1S/C22H27NO4/c1-14-7-6-8-18(15(14)2)16-9-10-23(13-16)22(24)17-11-19(25-3)21(27-5)20(12-17)26-4/h6-8,11-12,16H,9-10,13H2,1-5H3. The predicted octanol–water partition coefficient (Wildman–Crippen LogP) is 3.96. The second kappa shape index (κ2) is 7.91. The van der Waals surface area contributed by atoms with Crippen LogP contribution < -0.4 is 14.2 Å². The van der Waals surface area contributed by atoms with Crippen molar-refractivity contribution in [3.05, 3.63) is 52.6 Å². The summed E-state index contributed by atoms with van der Waals surface area (Å²) in [6.45, 7) is 5.76. The lowest BCUT2D eigenvalue weighted by atomic mass is 9.92. The van der Waals surface area contributed by atoms with E-state index in [0.717, 1.165) is 19.5 Å². The van der Waals surface area contributed by atoms with Gasteiger partial charge in [0.2, 0.25) is 5.75 Å². The number of amides is 1. The van der Waals surface area contributed by atoms with Gasteiger partial charge in [-0.3, -0.25) is 4.79 Å². The summed E-state index contributed by atoms with van der Waals surface area (Å²) in [5.41, 5.74) is 4.51. The van der Waals surface area contributed by atoms with Gasteiger partial charge in [-0.25, -0.2) is 0 Å². The van der Waals surface area contributed by atoms with E-state index in [4.69, 9.17) is 14.2 Å². The lowest BCUT2D eigenvalue weighted by Crippen LogP contribution is -2.28. The Hall–Kier alpha value is -2.69. The molecule has 1 atom stereocenters. The summed E-state index contributed by atoms with van der Waals surface area (Å²) in [7, 11) is 4.66. The monoisotopic (exact) mass is 369 g/mol. The molecule has 5 heteroatoms. The van der Waals surface area contributed by atoms with E-state index in [1.807, 2.05) is 4.90 Å². The number of carbonyl (C=O) groups is 1. The van der Waals surface area contributed by atoms with E-state index < -0.39 is 0 Å². The zero-order chi connectivity index (χ0) is 19.6. The van der Waals surface area contributed by atoms with E-state index in [2.05, 4.69) is 32.0 Å². The van der Waals surface area contributed by atoms with Crippen LogP contribution in [0.3, 0.4) is 0 Å². The van der Waals surface area contributed by atoms with E-state index in [-0.39, 0.29) is 5.91 Å². The normalized spacial score (nSPS) is 16.3. The van der Waals surface area contributed by atoms with Crippen LogP contribution in [0.1, 0.15) is 39.4 Å². The Kier molecular flexibility index (Phi) is 5.59. The summed E-state index contributed by atoms with van der Waals surface area (Å²) in [6, 6.07) is 9.85. The maximum atomic E-state index is 13.1. The quantitative estimate of drug-likeness (QED) is 0.800. The molecular weight excluding hydrogens is 342 g/mol. The van der Waals surface area contributed by atoms with Crippen molar-refractivity contribution in [1.82, 2.24) is 4.90 Å². The van der Waals surface area contributed by atoms with Crippen molar-refractivity contribution < 1.29 is 19.0 Å². The highest BCUT2D eigenvalue weighted by atomic mass is 16.5. The molecule has 27 heavy (non-hydrogen) atoms. The molecule has 1 fully saturated rings. The van der Waals surface area contributed by atoms with Gasteiger partial charge in [-0.15, -0.1) is 0 Å². The first kappa shape index (κ1) is 19.1. The first-order chi connectivity index (χ1) is 13.0. The Balaban J connectivity index is 1.84. The molecular formula is C22H27NO4. The fourth-order valence-electron chi connectivity index (χ4n) is 3.80. The number of likely N-dealkylation sites (tertiary alicyclic amines) is 1. The van der Waals surface area contributed by atoms with Crippen LogP contribution in [-0.4, -0.2) is 45.2 Å². The zero-order valence-corrected chi connectivity index (χ0v) is 16.7. The van der Waals surface area contributed by atoms with Crippen molar-refractivity contribution in [2.24, 2.45) is 0 Å². The van der Waals surface area contributed by atoms with Crippen molar-refractivity contribution in [2.45, 2.75) is 26.2 Å². The minimum atomic E-state index is -0.0120. The van der Waals surface area contributed by atoms with Crippen LogP contribution >= 0.6 is 0 Å². The zero-order valence-electron chi connectivity index (χ0n) is 16.7. The number of ether oxygens (including phenoxy) is 3. The first-order valence-corrected chi connectivity index (χ1v) is 9.15. The smallest absolute Gasteiger partial charge is 0.254 e. The van der Waals surface area contributed by atoms with Gasteiger partial charge in [0.05, 0.1) is 21.3 Å². The summed E-state index contributed by atoms with van der Waals surface area (Å²) in [5, 5.41) is 0. The first-order valence-electron chi connectivity index (χ1n) is 9.15. The molecule has 144 valence electrons. The third-order valence-electron chi connectivity index (χ3n) is 5.47. The van der Waals surface area contributed by atoms with Gasteiger partial charge in [0.1, 0.15) is 0 Å². The maximum Gasteiger partial charge on any atom is 0.254 e. The predicted molar refractivity (Wildman–Crippen MR) is 105 cm³/mol. The van der Waals surface area contributed by atoms with E-state index >= 15 is 0 Å². The molecule has 0 bridgehead atoms. The fraction of sp³-hybridized carbons (Fsp3) is 0.409. The van der Waals surface area contributed by atoms with Crippen molar-refractivity contribution in [3.8, 4) is 17.2 Å². The molecule has 0 N–H and O–H groups in total. The Morgan fingerprint density at radius 3 is 2.30 bits per heavy atom. The van der Waals surface area contributed by atoms with E-state index in [0.29, 0.717) is 28.7 Å². The van der Waals surface area contributed by atoms with Gasteiger partial charge < -0.3 is 19.1 Å². The Morgan fingerprint density at radius 2 is 1.70 bits per heavy atom. The molecule has 2 aromatic carbocycles. The van der Waals surface area contributed by atoms with Crippen LogP contribution in [0.2, 0.25) is 0 Å². The largest absolute Gasteiger partial charge is 0.493 e. The van der Waals surface area contributed by atoms with Gasteiger partial charge in [0, 0.05) is 24.6 Å². The highest BCUT2D eigenvalue weighted by molar-refractivity contribution is 5.96. The maximum absolute atomic E-state index is 13.1. The SMILES string of the molecule is COc1cc(C(=O)N2CCC(c3cccc(C)c3C)C2)cc(OC)c1OC. The highest BCUT2D eigenvalue weighted by Gasteiger charge is 2.30. The fourth-order valence-corrected chi connectivity index (χ4v) is 3.80. The average molecular weight is 369 g/mol. The molecule has 1 aliphatic heterocycles. The van der Waals surface area contributed by atoms with Crippen molar-refractivity contribution in [3.63, 3.8) is 0 Å². The number of methoxy groups -OCH3 is 3. The molecule has 1 amide bonds. The van der Waals surface area contributed by atoms with Crippen LogP contribution in [0.5, 0.6) is 17.2 Å². The van der Waals surface area contributed by atoms with E-state index in [1.165, 1.54) is 16.7 Å². The van der Waals surface area contributed by atoms with Gasteiger partial charge >= 0.3 is 0 Å². The van der Waals surface area contributed by atoms with Gasteiger partial charge in [0.25, 0.3) is 5.91 Å². The molecule has 1 aliphatic rings. The highest BCUT2D eigenvalue weighted by Crippen LogP contribution is 2.39. The summed E-state index contributed by atoms with van der Waals surface area (Å²) >= 11 is 0. The van der Waals surface area contributed by atoms with E-state index in [1.54, 1.807) is 33.5 Å². The molecule has 2 aromatic rings. The Labute approximate surface area is 160 Å². The summed E-state index contributed by atoms with van der Waals surface area (Å²) in [5.74, 6) is 1.83. The molecule has 1 unspecified atom stereocenters. The topological polar surface area (TPSA) is 48.0 Å². The molecule has 0 saturated carbocycles. The number of carbonyl (C=O) groups excluding carboxylic acids is 1. The third kappa shape index (κ3) is 3.59. The molecule has 0 aliphatic carbocycles. The van der Waals surface area contributed by atoms with Crippen LogP contribution in [-0.2, 0) is 0 Å². The molecule has 0 radical (unpaired) electrons. The van der Waals surface area contributed by atoms with Crippen LogP contribution in [0, 0.1) is 13.8 Å². The number of benzene rings is 2. The Morgan fingerprint density at radius 1 is 1.04 bits per heavy atom. The van der Waals surface area contributed by atoms with Crippen molar-refractivity contribution in [2.75, 3.05) is 34.4 Å². The lowest BCUT2D eigenvalue weighted by Gasteiger charge is -2.20. The van der Waals surface area contributed by atoms with Crippen LogP contribution in [0.25, 0.3) is 0 Å². The van der Waals surface area contributed by atoms with E-state index in [9.17, 15) is 4.79 Å². The number of hydrogen-bond acceptors (Lipinski definition) is 4. The molecule has 0 spiro atoms. The molecule has 1 heterocycles. The van der Waals surface area contributed by atoms with Gasteiger partial charge in [-0.2, -0.15) is 0 Å². The minimum absolute atomic E-state index is 0.0120. The molecule has 0 aromatic heterocycles. The number of rotatable bonds is 5. The number of nitrogens with zero attached hydrogens (tertiary/aromatic N) is 1. The second-order valence-electron chi connectivity index (χ2n) is 6.94. The molecule has 3 rings (SSSR count). The lowest BCUT2D eigenvalue weighted by molar-refractivity contribution is 0.0790. The van der Waals surface area contributed by atoms with Crippen molar-refractivity contribution >= 4 is 5.91 Å². The number of aryl methyl sites for hydroxylation is 1. The second-order valence-corrected chi connectivity index (χ2v) is 6.94. The van der Waals surface area contributed by atoms with Gasteiger partial charge in [-0.05, 0) is 49.1 Å². The number of hydrogen-bond donors (Lipinski definition) is 0. The molecule has 5 nitrogen and oxygen atoms in total. The summed E-state index contributed by atoms with van der Waals surface area (Å²) in [4.78, 5) is 15.0. The van der Waals surface area contributed by atoms with Crippen LogP contribution in [0.4, 0.5) is 0 Å². The summed E-state index contributed by atoms with van der Waals surface area (Å²) in [6.07, 6.45) is 0.973. The van der Waals surface area contributed by atoms with Gasteiger partial charge in [-0.1, -0.05) is 18.2 Å². The Bertz CT molecular complexity index is 821. The van der Waals surface area contributed by atoms with Crippen LogP contribution in [0.15, 0.2) is 30.3 Å². The minimum Gasteiger partial charge on any atom is -0.493 e. The third-order valence-corrected chi connectivity index (χ3v) is 5.47.